The van der Waals surface area contributed by atoms with Gasteiger partial charge in [0.2, 0.25) is 0 Å². The van der Waals surface area contributed by atoms with E-state index in [1.807, 2.05) is 0 Å². The number of halogens is 2. The molecule has 0 aromatic rings. The van der Waals surface area contributed by atoms with E-state index in [1.165, 1.54) is 0 Å². The van der Waals surface area contributed by atoms with E-state index < -0.39 is 0 Å². The molecule has 26 valence electrons. The first-order chi connectivity index (χ1) is 2.00. The van der Waals surface area contributed by atoms with Crippen molar-refractivity contribution in [3.05, 3.63) is 0 Å². The molecule has 5 heteroatoms. The first-order valence-corrected chi connectivity index (χ1v) is 8.33. The Morgan fingerprint density at radius 2 is 0.800 bits per heavy atom. The first-order valence-electron chi connectivity index (χ1n) is 0.535. The molecule has 0 fully saturated rings. The van der Waals surface area contributed by atoms with Crippen LogP contribution < -0.4 is 0 Å². The van der Waals surface area contributed by atoms with E-state index in [0.29, 0.717) is 0 Å². The van der Waals surface area contributed by atoms with Crippen LogP contribution >= 0.6 is 19.4 Å². The van der Waals surface area contributed by atoms with E-state index in [1.54, 1.807) is 0 Å². The zero-order chi connectivity index (χ0) is 4.00. The van der Waals surface area contributed by atoms with Gasteiger partial charge in [0.25, 0.3) is 0 Å². The van der Waals surface area contributed by atoms with Gasteiger partial charge in [0, 0.05) is 0 Å². The minimum atomic E-state index is 0. The van der Waals surface area contributed by atoms with Crippen LogP contribution in [-0.4, -0.2) is 5.48 Å². The van der Waals surface area contributed by atoms with Gasteiger partial charge in [0.15, 0.2) is 0 Å². The Balaban J connectivity index is -0.0000000133. The van der Waals surface area contributed by atoms with Gasteiger partial charge in [-0.15, -0.1) is 0 Å². The second-order valence-electron chi connectivity index (χ2n) is 0. The molecule has 0 aromatic heterocycles. The molecule has 0 aliphatic rings. The molecule has 0 spiro atoms. The van der Waals surface area contributed by atoms with Gasteiger partial charge in [0.1, 0.15) is 0 Å². The molecule has 0 amide bonds. The topological polar surface area (TPSA) is 31.5 Å². The quantitative estimate of drug-likeness (QED) is 0.533. The number of rotatable bonds is 0. The Bertz CT molecular complexity index is 7.61. The molecule has 0 heterocycles. The van der Waals surface area contributed by atoms with Gasteiger partial charge >= 0.3 is 54.0 Å². The fraction of sp³-hybridized carbons (Fsp3) is 0. The van der Waals surface area contributed by atoms with E-state index in [9.17, 15) is 0 Å². The Hall–Kier alpha value is 1.79. The SMILES string of the molecule is O.[Cl][Zn].[Cl][Zn]. The number of hydrogen-bond donors (Lipinski definition) is 0. The second-order valence-corrected chi connectivity index (χ2v) is 0. The van der Waals surface area contributed by atoms with Crippen molar-refractivity contribution in [2.24, 2.45) is 0 Å². The second kappa shape index (κ2) is 41.5. The van der Waals surface area contributed by atoms with Gasteiger partial charge in [-0.3, -0.25) is 0 Å². The Labute approximate surface area is 59.2 Å². The molecule has 0 radical (unpaired) electrons. The molecule has 2 N–H and O–H groups in total. The van der Waals surface area contributed by atoms with Gasteiger partial charge < -0.3 is 5.48 Å². The van der Waals surface area contributed by atoms with E-state index in [4.69, 9.17) is 19.4 Å². The van der Waals surface area contributed by atoms with Crippen molar-refractivity contribution in [2.75, 3.05) is 0 Å². The molecule has 0 unspecified atom stereocenters. The molecular weight excluding hydrogens is 218 g/mol. The Morgan fingerprint density at radius 3 is 0.800 bits per heavy atom. The van der Waals surface area contributed by atoms with E-state index in [-0.39, 0.29) is 5.48 Å². The van der Waals surface area contributed by atoms with Crippen molar-refractivity contribution in [1.82, 2.24) is 0 Å². The van der Waals surface area contributed by atoms with Crippen LogP contribution in [0.15, 0.2) is 0 Å². The summed E-state index contributed by atoms with van der Waals surface area (Å²) in [6, 6.07) is 0. The molecule has 0 aromatic carbocycles. The molecule has 0 rings (SSSR count). The van der Waals surface area contributed by atoms with Crippen LogP contribution in [0.5, 0.6) is 0 Å². The third-order valence-electron chi connectivity index (χ3n) is 0. The van der Waals surface area contributed by atoms with Crippen LogP contribution in [0.4, 0.5) is 0 Å². The van der Waals surface area contributed by atoms with Crippen molar-refractivity contribution >= 4 is 19.4 Å². The van der Waals surface area contributed by atoms with Gasteiger partial charge in [0.05, 0.1) is 0 Å². The molecular formula is H2Cl2OZn2. The fourth-order valence-electron chi connectivity index (χ4n) is 0. The van der Waals surface area contributed by atoms with Crippen LogP contribution in [0.3, 0.4) is 0 Å². The van der Waals surface area contributed by atoms with Gasteiger partial charge in [-0.2, -0.15) is 0 Å². The third-order valence-corrected chi connectivity index (χ3v) is 0. The molecule has 0 saturated carbocycles. The van der Waals surface area contributed by atoms with Crippen LogP contribution in [0.1, 0.15) is 0 Å². The monoisotopic (exact) mass is 216 g/mol. The van der Waals surface area contributed by atoms with Crippen molar-refractivity contribution in [2.45, 2.75) is 0 Å². The Morgan fingerprint density at radius 1 is 0.800 bits per heavy atom. The third kappa shape index (κ3) is 26.0. The summed E-state index contributed by atoms with van der Waals surface area (Å²) in [6.45, 7) is 0. The summed E-state index contributed by atoms with van der Waals surface area (Å²) in [7, 11) is 9.53. The summed E-state index contributed by atoms with van der Waals surface area (Å²) in [4.78, 5) is 0. The fourth-order valence-corrected chi connectivity index (χ4v) is 0. The van der Waals surface area contributed by atoms with E-state index in [2.05, 4.69) is 0 Å². The van der Waals surface area contributed by atoms with Crippen LogP contribution in [0.2, 0.25) is 0 Å². The van der Waals surface area contributed by atoms with Gasteiger partial charge in [-0.1, -0.05) is 0 Å². The zero-order valence-corrected chi connectivity index (χ0v) is 10.1. The van der Waals surface area contributed by atoms with Gasteiger partial charge in [-0.05, 0) is 0 Å². The van der Waals surface area contributed by atoms with E-state index >= 15 is 0 Å². The summed E-state index contributed by atoms with van der Waals surface area (Å²) < 4.78 is 0. The summed E-state index contributed by atoms with van der Waals surface area (Å²) >= 11 is 1.69. The number of hydrogen-bond acceptors (Lipinski definition) is 0. The first kappa shape index (κ1) is 15.8. The minimum absolute atomic E-state index is 0. The molecule has 0 aliphatic heterocycles. The molecule has 0 saturated heterocycles. The standard InChI is InChI=1S/2ClH.H2O.2Zn/h2*1H;1H2;;/q;;;2*+1/p-2. The predicted molar refractivity (Wildman–Crippen MR) is 15.3 cm³/mol. The van der Waals surface area contributed by atoms with Crippen LogP contribution in [0.25, 0.3) is 0 Å². The molecule has 5 heavy (non-hydrogen) atoms. The summed E-state index contributed by atoms with van der Waals surface area (Å²) in [5, 5.41) is 0. The van der Waals surface area contributed by atoms with E-state index in [0.717, 1.165) is 34.6 Å². The average Bonchev–Trinajstić information content (AvgIpc) is 1.50. The van der Waals surface area contributed by atoms with Crippen molar-refractivity contribution in [1.29, 1.82) is 0 Å². The zero-order valence-electron chi connectivity index (χ0n) is 2.67. The average molecular weight is 220 g/mol. The van der Waals surface area contributed by atoms with Crippen LogP contribution in [0, 0.1) is 0 Å². The molecule has 0 bridgehead atoms. The van der Waals surface area contributed by atoms with Crippen molar-refractivity contribution in [3.63, 3.8) is 0 Å². The molecule has 0 atom stereocenters. The summed E-state index contributed by atoms with van der Waals surface area (Å²) in [5.41, 5.74) is 0. The maximum absolute atomic E-state index is 4.76. The molecule has 1 nitrogen and oxygen atoms in total. The Kier molecular flexibility index (Phi) is 132. The van der Waals surface area contributed by atoms with Crippen molar-refractivity contribution < 1.29 is 40.1 Å². The summed E-state index contributed by atoms with van der Waals surface area (Å²) in [6.07, 6.45) is 0. The normalized spacial score (nSPS) is 2.80. The van der Waals surface area contributed by atoms with Gasteiger partial charge in [-0.25, -0.2) is 0 Å². The van der Waals surface area contributed by atoms with Crippen molar-refractivity contribution in [3.8, 4) is 0 Å². The van der Waals surface area contributed by atoms with Crippen LogP contribution in [-0.2, 0) is 34.6 Å². The molecule has 0 aliphatic carbocycles. The maximum atomic E-state index is 4.76. The summed E-state index contributed by atoms with van der Waals surface area (Å²) in [5.74, 6) is 0. The predicted octanol–water partition coefficient (Wildman–Crippen LogP) is 0.549.